The highest BCUT2D eigenvalue weighted by molar-refractivity contribution is 5.82. The quantitative estimate of drug-likeness (QED) is 0.765. The zero-order valence-electron chi connectivity index (χ0n) is 11.5. The highest BCUT2D eigenvalue weighted by Crippen LogP contribution is 2.23. The van der Waals surface area contributed by atoms with Crippen LogP contribution in [0.15, 0.2) is 59.0 Å². The molecule has 1 atom stereocenters. The molecular weight excluding hydrogens is 248 g/mol. The summed E-state index contributed by atoms with van der Waals surface area (Å²) in [5.41, 5.74) is 1.12. The zero-order chi connectivity index (χ0) is 13.9. The van der Waals surface area contributed by atoms with E-state index in [1.54, 1.807) is 0 Å². The van der Waals surface area contributed by atoms with Crippen LogP contribution in [0.1, 0.15) is 30.1 Å². The van der Waals surface area contributed by atoms with E-state index in [2.05, 4.69) is 30.3 Å². The Balaban J connectivity index is 1.81. The van der Waals surface area contributed by atoms with Crippen molar-refractivity contribution in [2.24, 2.45) is 0 Å². The zero-order valence-corrected chi connectivity index (χ0v) is 11.5. The number of fused-ring (bicyclic) bond motifs is 1. The molecule has 0 aliphatic heterocycles. The van der Waals surface area contributed by atoms with Gasteiger partial charge in [-0.25, -0.2) is 0 Å². The summed E-state index contributed by atoms with van der Waals surface area (Å²) in [4.78, 5) is 0. The van der Waals surface area contributed by atoms with Gasteiger partial charge in [0.1, 0.15) is 17.6 Å². The molecule has 0 saturated heterocycles. The predicted octanol–water partition coefficient (Wildman–Crippen LogP) is 4.27. The third-order valence-corrected chi connectivity index (χ3v) is 3.60. The van der Waals surface area contributed by atoms with Crippen LogP contribution in [0.4, 0.5) is 0 Å². The van der Waals surface area contributed by atoms with Gasteiger partial charge in [-0.15, -0.1) is 0 Å². The van der Waals surface area contributed by atoms with Gasteiger partial charge in [0.2, 0.25) is 0 Å². The molecule has 2 heteroatoms. The maximum absolute atomic E-state index is 10.3. The van der Waals surface area contributed by atoms with Crippen LogP contribution in [0.5, 0.6) is 0 Å². The second-order valence-electron chi connectivity index (χ2n) is 5.06. The highest BCUT2D eigenvalue weighted by Gasteiger charge is 2.13. The number of aryl methyl sites for hydroxylation is 1. The number of hydrogen-bond donors (Lipinski definition) is 1. The van der Waals surface area contributed by atoms with Crippen LogP contribution in [0.3, 0.4) is 0 Å². The van der Waals surface area contributed by atoms with Crippen LogP contribution < -0.4 is 0 Å². The number of benzene rings is 2. The summed E-state index contributed by atoms with van der Waals surface area (Å²) < 4.78 is 5.60. The molecule has 2 nitrogen and oxygen atoms in total. The van der Waals surface area contributed by atoms with Gasteiger partial charge in [-0.2, -0.15) is 0 Å². The average Bonchev–Trinajstić information content (AvgIpc) is 2.96. The molecule has 0 radical (unpaired) electrons. The van der Waals surface area contributed by atoms with Gasteiger partial charge >= 0.3 is 0 Å². The van der Waals surface area contributed by atoms with Crippen LogP contribution >= 0.6 is 0 Å². The Hall–Kier alpha value is -2.06. The average molecular weight is 266 g/mol. The van der Waals surface area contributed by atoms with Crippen molar-refractivity contribution in [1.82, 2.24) is 0 Å². The van der Waals surface area contributed by atoms with Crippen molar-refractivity contribution in [1.29, 1.82) is 0 Å². The van der Waals surface area contributed by atoms with Crippen molar-refractivity contribution < 1.29 is 9.52 Å². The monoisotopic (exact) mass is 266 g/mol. The summed E-state index contributed by atoms with van der Waals surface area (Å²) in [6, 6.07) is 18.3. The van der Waals surface area contributed by atoms with E-state index in [9.17, 15) is 5.11 Å². The first kappa shape index (κ1) is 12.9. The van der Waals surface area contributed by atoms with Gasteiger partial charge in [-0.1, -0.05) is 49.4 Å². The van der Waals surface area contributed by atoms with Gasteiger partial charge in [-0.3, -0.25) is 0 Å². The molecule has 2 aromatic carbocycles. The number of aliphatic hydroxyl groups is 1. The number of rotatable bonds is 4. The first-order chi connectivity index (χ1) is 9.76. The standard InChI is InChI=1S/C18H18O2/c1-2-16-9-10-18(20-16)17(19)12-13-7-8-14-5-3-4-6-15(14)11-13/h3-11,17,19H,2,12H2,1H3. The van der Waals surface area contributed by atoms with Crippen LogP contribution in [-0.2, 0) is 12.8 Å². The van der Waals surface area contributed by atoms with Gasteiger partial charge in [0.05, 0.1) is 0 Å². The van der Waals surface area contributed by atoms with Gasteiger partial charge in [0, 0.05) is 12.8 Å². The molecule has 20 heavy (non-hydrogen) atoms. The second kappa shape index (κ2) is 5.51. The molecular formula is C18H18O2. The molecule has 0 amide bonds. The third-order valence-electron chi connectivity index (χ3n) is 3.60. The number of hydrogen-bond acceptors (Lipinski definition) is 2. The molecule has 102 valence electrons. The minimum absolute atomic E-state index is 0.571. The van der Waals surface area contributed by atoms with Crippen molar-refractivity contribution >= 4 is 10.8 Å². The molecule has 0 fully saturated rings. The smallest absolute Gasteiger partial charge is 0.133 e. The first-order valence-electron chi connectivity index (χ1n) is 7.00. The molecule has 3 rings (SSSR count). The molecule has 0 saturated carbocycles. The lowest BCUT2D eigenvalue weighted by Gasteiger charge is -2.09. The predicted molar refractivity (Wildman–Crippen MR) is 80.7 cm³/mol. The topological polar surface area (TPSA) is 33.4 Å². The van der Waals surface area contributed by atoms with E-state index in [0.717, 1.165) is 17.7 Å². The highest BCUT2D eigenvalue weighted by atomic mass is 16.4. The van der Waals surface area contributed by atoms with E-state index in [0.29, 0.717) is 12.2 Å². The number of furan rings is 1. The fraction of sp³-hybridized carbons (Fsp3) is 0.222. The number of aliphatic hydroxyl groups excluding tert-OH is 1. The largest absolute Gasteiger partial charge is 0.463 e. The summed E-state index contributed by atoms with van der Waals surface area (Å²) in [7, 11) is 0. The van der Waals surface area contributed by atoms with Crippen LogP contribution in [-0.4, -0.2) is 5.11 Å². The summed E-state index contributed by atoms with van der Waals surface area (Å²) in [5, 5.41) is 12.7. The lowest BCUT2D eigenvalue weighted by atomic mass is 10.0. The van der Waals surface area contributed by atoms with Crippen molar-refractivity contribution in [3.63, 3.8) is 0 Å². The minimum atomic E-state index is -0.587. The normalized spacial score (nSPS) is 12.7. The van der Waals surface area contributed by atoms with Crippen LogP contribution in [0.2, 0.25) is 0 Å². The Morgan fingerprint density at radius 2 is 1.80 bits per heavy atom. The SMILES string of the molecule is CCc1ccc(C(O)Cc2ccc3ccccc3c2)o1. The Morgan fingerprint density at radius 3 is 2.55 bits per heavy atom. The molecule has 1 aromatic heterocycles. The van der Waals surface area contributed by atoms with Crippen molar-refractivity contribution in [3.05, 3.63) is 71.7 Å². The Bertz CT molecular complexity index is 712. The summed E-state index contributed by atoms with van der Waals surface area (Å²) in [5.74, 6) is 1.56. The Morgan fingerprint density at radius 1 is 1.00 bits per heavy atom. The molecule has 0 aliphatic rings. The Kier molecular flexibility index (Phi) is 3.57. The van der Waals surface area contributed by atoms with Crippen molar-refractivity contribution in [2.45, 2.75) is 25.9 Å². The van der Waals surface area contributed by atoms with Gasteiger partial charge in [-0.05, 0) is 28.5 Å². The summed E-state index contributed by atoms with van der Waals surface area (Å²) >= 11 is 0. The van der Waals surface area contributed by atoms with E-state index >= 15 is 0 Å². The molecule has 1 N–H and O–H groups in total. The molecule has 0 aliphatic carbocycles. The van der Waals surface area contributed by atoms with Crippen molar-refractivity contribution in [3.8, 4) is 0 Å². The summed E-state index contributed by atoms with van der Waals surface area (Å²) in [6.07, 6.45) is 0.834. The van der Waals surface area contributed by atoms with Crippen molar-refractivity contribution in [2.75, 3.05) is 0 Å². The minimum Gasteiger partial charge on any atom is -0.463 e. The molecule has 1 heterocycles. The van der Waals surface area contributed by atoms with E-state index in [1.165, 1.54) is 10.8 Å². The van der Waals surface area contributed by atoms with Crippen LogP contribution in [0.25, 0.3) is 10.8 Å². The maximum atomic E-state index is 10.3. The third kappa shape index (κ3) is 2.61. The lowest BCUT2D eigenvalue weighted by molar-refractivity contribution is 0.148. The first-order valence-corrected chi connectivity index (χ1v) is 7.00. The molecule has 0 bridgehead atoms. The van der Waals surface area contributed by atoms with Crippen LogP contribution in [0, 0.1) is 0 Å². The maximum Gasteiger partial charge on any atom is 0.133 e. The summed E-state index contributed by atoms with van der Waals surface area (Å²) in [6.45, 7) is 2.04. The van der Waals surface area contributed by atoms with Gasteiger partial charge < -0.3 is 9.52 Å². The van der Waals surface area contributed by atoms with E-state index in [4.69, 9.17) is 4.42 Å². The fourth-order valence-electron chi connectivity index (χ4n) is 2.45. The lowest BCUT2D eigenvalue weighted by Crippen LogP contribution is -2.00. The molecule has 1 unspecified atom stereocenters. The van der Waals surface area contributed by atoms with E-state index in [1.807, 2.05) is 31.2 Å². The second-order valence-corrected chi connectivity index (χ2v) is 5.06. The molecule has 3 aromatic rings. The van der Waals surface area contributed by atoms with E-state index < -0.39 is 6.10 Å². The van der Waals surface area contributed by atoms with E-state index in [-0.39, 0.29) is 0 Å². The fourth-order valence-corrected chi connectivity index (χ4v) is 2.45. The van der Waals surface area contributed by atoms with Gasteiger partial charge in [0.15, 0.2) is 0 Å². The van der Waals surface area contributed by atoms with Gasteiger partial charge in [0.25, 0.3) is 0 Å². The Labute approximate surface area is 118 Å². The molecule has 0 spiro atoms.